The SMILES string of the molecule is Cc1cc(S(=O)(=O)NC(CCO)C(C)C)ccc1N. The largest absolute Gasteiger partial charge is 0.399 e. The Bertz CT molecular complexity index is 527. The number of nitrogen functional groups attached to an aromatic ring is 1. The van der Waals surface area contributed by atoms with Gasteiger partial charge in [-0.15, -0.1) is 0 Å². The van der Waals surface area contributed by atoms with Crippen LogP contribution in [0.25, 0.3) is 0 Å². The number of anilines is 1. The average molecular weight is 286 g/mol. The van der Waals surface area contributed by atoms with Gasteiger partial charge < -0.3 is 10.8 Å². The van der Waals surface area contributed by atoms with Crippen molar-refractivity contribution in [1.82, 2.24) is 4.72 Å². The predicted molar refractivity (Wildman–Crippen MR) is 76.2 cm³/mol. The molecule has 5 nitrogen and oxygen atoms in total. The number of nitrogens with two attached hydrogens (primary N) is 1. The van der Waals surface area contributed by atoms with Gasteiger partial charge in [0.2, 0.25) is 10.0 Å². The third kappa shape index (κ3) is 4.19. The molecule has 0 aliphatic rings. The van der Waals surface area contributed by atoms with E-state index in [1.807, 2.05) is 13.8 Å². The molecule has 0 amide bonds. The second-order valence-corrected chi connectivity index (χ2v) is 6.72. The number of rotatable bonds is 6. The van der Waals surface area contributed by atoms with Crippen LogP contribution in [-0.2, 0) is 10.0 Å². The van der Waals surface area contributed by atoms with Crippen molar-refractivity contribution in [3.8, 4) is 0 Å². The number of nitrogens with one attached hydrogen (secondary N) is 1. The zero-order valence-electron chi connectivity index (χ0n) is 11.6. The molecular formula is C13H22N2O3S. The Morgan fingerprint density at radius 1 is 1.37 bits per heavy atom. The summed E-state index contributed by atoms with van der Waals surface area (Å²) in [6, 6.07) is 4.34. The Morgan fingerprint density at radius 3 is 2.47 bits per heavy atom. The molecule has 6 heteroatoms. The molecule has 0 saturated carbocycles. The van der Waals surface area contributed by atoms with Crippen molar-refractivity contribution in [3.63, 3.8) is 0 Å². The lowest BCUT2D eigenvalue weighted by Crippen LogP contribution is -2.39. The van der Waals surface area contributed by atoms with Crippen LogP contribution in [0.3, 0.4) is 0 Å². The predicted octanol–water partition coefficient (Wildman–Crippen LogP) is 1.26. The van der Waals surface area contributed by atoms with Gasteiger partial charge in [-0.2, -0.15) is 0 Å². The minimum absolute atomic E-state index is 0.0495. The van der Waals surface area contributed by atoms with E-state index in [0.29, 0.717) is 12.1 Å². The van der Waals surface area contributed by atoms with E-state index in [9.17, 15) is 8.42 Å². The lowest BCUT2D eigenvalue weighted by molar-refractivity contribution is 0.256. The van der Waals surface area contributed by atoms with Gasteiger partial charge in [0.05, 0.1) is 4.90 Å². The van der Waals surface area contributed by atoms with Crippen molar-refractivity contribution in [2.45, 2.75) is 38.1 Å². The van der Waals surface area contributed by atoms with E-state index in [4.69, 9.17) is 10.8 Å². The number of sulfonamides is 1. The van der Waals surface area contributed by atoms with Crippen LogP contribution in [0.4, 0.5) is 5.69 Å². The molecule has 0 bridgehead atoms. The van der Waals surface area contributed by atoms with E-state index in [1.54, 1.807) is 19.1 Å². The Kier molecular flexibility index (Phi) is 5.34. The second-order valence-electron chi connectivity index (χ2n) is 5.00. The van der Waals surface area contributed by atoms with Crippen molar-refractivity contribution in [1.29, 1.82) is 0 Å². The molecule has 0 heterocycles. The Hall–Kier alpha value is -1.11. The monoisotopic (exact) mass is 286 g/mol. The van der Waals surface area contributed by atoms with E-state index < -0.39 is 10.0 Å². The summed E-state index contributed by atoms with van der Waals surface area (Å²) in [5.41, 5.74) is 6.97. The number of aryl methyl sites for hydroxylation is 1. The third-order valence-corrected chi connectivity index (χ3v) is 4.59. The molecule has 0 fully saturated rings. The van der Waals surface area contributed by atoms with Gasteiger partial charge in [0.1, 0.15) is 0 Å². The van der Waals surface area contributed by atoms with Crippen LogP contribution < -0.4 is 10.5 Å². The van der Waals surface area contributed by atoms with Crippen LogP contribution >= 0.6 is 0 Å². The summed E-state index contributed by atoms with van der Waals surface area (Å²) in [5, 5.41) is 8.98. The van der Waals surface area contributed by atoms with Crippen molar-refractivity contribution >= 4 is 15.7 Å². The molecule has 108 valence electrons. The fourth-order valence-electron chi connectivity index (χ4n) is 1.75. The van der Waals surface area contributed by atoms with E-state index in [1.165, 1.54) is 6.07 Å². The molecular weight excluding hydrogens is 264 g/mol. The summed E-state index contributed by atoms with van der Waals surface area (Å²) >= 11 is 0. The number of hydrogen-bond acceptors (Lipinski definition) is 4. The van der Waals surface area contributed by atoms with Crippen LogP contribution in [-0.4, -0.2) is 26.2 Å². The highest BCUT2D eigenvalue weighted by Crippen LogP contribution is 2.18. The topological polar surface area (TPSA) is 92.4 Å². The van der Waals surface area contributed by atoms with E-state index in [-0.39, 0.29) is 23.5 Å². The zero-order valence-corrected chi connectivity index (χ0v) is 12.4. The Morgan fingerprint density at radius 2 is 2.00 bits per heavy atom. The Labute approximate surface area is 114 Å². The van der Waals surface area contributed by atoms with E-state index in [0.717, 1.165) is 5.56 Å². The first-order valence-corrected chi connectivity index (χ1v) is 7.75. The van der Waals surface area contributed by atoms with Gasteiger partial charge in [0.15, 0.2) is 0 Å². The summed E-state index contributed by atoms with van der Waals surface area (Å²) in [7, 11) is -3.58. The van der Waals surface area contributed by atoms with Crippen LogP contribution in [0, 0.1) is 12.8 Å². The van der Waals surface area contributed by atoms with Gasteiger partial charge >= 0.3 is 0 Å². The minimum Gasteiger partial charge on any atom is -0.399 e. The van der Waals surface area contributed by atoms with Gasteiger partial charge in [-0.25, -0.2) is 13.1 Å². The standard InChI is InChI=1S/C13H22N2O3S/c1-9(2)13(6-7-16)15-19(17,18)11-4-5-12(14)10(3)8-11/h4-5,8-9,13,15-16H,6-7,14H2,1-3H3. The lowest BCUT2D eigenvalue weighted by atomic mass is 10.0. The molecule has 1 rings (SSSR count). The quantitative estimate of drug-likeness (QED) is 0.686. The molecule has 0 radical (unpaired) electrons. The average Bonchev–Trinajstić information content (AvgIpc) is 2.31. The molecule has 0 spiro atoms. The summed E-state index contributed by atoms with van der Waals surface area (Å²) < 4.78 is 27.1. The molecule has 1 unspecified atom stereocenters. The second kappa shape index (κ2) is 6.36. The maximum Gasteiger partial charge on any atom is 0.240 e. The molecule has 0 aliphatic carbocycles. The van der Waals surface area contributed by atoms with Crippen LogP contribution in [0.2, 0.25) is 0 Å². The number of aliphatic hydroxyl groups excluding tert-OH is 1. The molecule has 0 aliphatic heterocycles. The number of aliphatic hydroxyl groups is 1. The molecule has 0 saturated heterocycles. The highest BCUT2D eigenvalue weighted by Gasteiger charge is 2.22. The van der Waals surface area contributed by atoms with Gasteiger partial charge in [0.25, 0.3) is 0 Å². The van der Waals surface area contributed by atoms with Crippen LogP contribution in [0.1, 0.15) is 25.8 Å². The first kappa shape index (κ1) is 15.9. The summed E-state index contributed by atoms with van der Waals surface area (Å²) in [5.74, 6) is 0.108. The van der Waals surface area contributed by atoms with E-state index in [2.05, 4.69) is 4.72 Å². The smallest absolute Gasteiger partial charge is 0.240 e. The van der Waals surface area contributed by atoms with Gasteiger partial charge in [-0.1, -0.05) is 13.8 Å². The third-order valence-electron chi connectivity index (χ3n) is 3.10. The van der Waals surface area contributed by atoms with Crippen molar-refractivity contribution in [2.75, 3.05) is 12.3 Å². The molecule has 19 heavy (non-hydrogen) atoms. The van der Waals surface area contributed by atoms with Gasteiger partial charge in [-0.3, -0.25) is 0 Å². The summed E-state index contributed by atoms with van der Waals surface area (Å²) in [4.78, 5) is 0.197. The fourth-order valence-corrected chi connectivity index (χ4v) is 3.25. The normalized spacial score (nSPS) is 13.7. The lowest BCUT2D eigenvalue weighted by Gasteiger charge is -2.21. The van der Waals surface area contributed by atoms with Crippen LogP contribution in [0.15, 0.2) is 23.1 Å². The molecule has 1 atom stereocenters. The number of benzene rings is 1. The Balaban J connectivity index is 2.99. The van der Waals surface area contributed by atoms with Crippen molar-refractivity contribution in [3.05, 3.63) is 23.8 Å². The molecule has 1 aromatic carbocycles. The maximum absolute atomic E-state index is 12.3. The summed E-state index contributed by atoms with van der Waals surface area (Å²) in [6.45, 7) is 5.54. The summed E-state index contributed by atoms with van der Waals surface area (Å²) in [6.07, 6.45) is 0.394. The molecule has 0 aromatic heterocycles. The van der Waals surface area contributed by atoms with Gasteiger partial charge in [-0.05, 0) is 43.0 Å². The van der Waals surface area contributed by atoms with Crippen molar-refractivity contribution < 1.29 is 13.5 Å². The molecule has 1 aromatic rings. The minimum atomic E-state index is -3.58. The van der Waals surface area contributed by atoms with Crippen LogP contribution in [0.5, 0.6) is 0 Å². The first-order valence-electron chi connectivity index (χ1n) is 6.27. The zero-order chi connectivity index (χ0) is 14.6. The fraction of sp³-hybridized carbons (Fsp3) is 0.538. The molecule has 4 N–H and O–H groups in total. The van der Waals surface area contributed by atoms with Crippen molar-refractivity contribution in [2.24, 2.45) is 5.92 Å². The highest BCUT2D eigenvalue weighted by atomic mass is 32.2. The highest BCUT2D eigenvalue weighted by molar-refractivity contribution is 7.89. The maximum atomic E-state index is 12.3. The van der Waals surface area contributed by atoms with Gasteiger partial charge in [0, 0.05) is 18.3 Å². The van der Waals surface area contributed by atoms with E-state index >= 15 is 0 Å². The number of hydrogen-bond donors (Lipinski definition) is 3. The first-order chi connectivity index (χ1) is 8.77.